The van der Waals surface area contributed by atoms with Crippen LogP contribution in [-0.2, 0) is 11.3 Å². The molecule has 33 heavy (non-hydrogen) atoms. The molecular weight excluding hydrogens is 445 g/mol. The number of halogens is 2. The standard InChI is InChI=1S/C24H21ClFN5O2/c1-3-33-12-6-11-30-14(2)27-22-20(24(30)32)21-23(29-19-8-5-4-7-18(19)28-21)31(22)15-9-10-17(26)16(25)13-15/h4-5,7-10,13H,3,6,11-12H2,1-2H3. The van der Waals surface area contributed by atoms with Gasteiger partial charge in [-0.15, -0.1) is 0 Å². The van der Waals surface area contributed by atoms with Crippen LogP contribution >= 0.6 is 11.6 Å². The lowest BCUT2D eigenvalue weighted by Crippen LogP contribution is -2.24. The van der Waals surface area contributed by atoms with Crippen LogP contribution in [-0.4, -0.2) is 37.3 Å². The molecular formula is C24H21ClFN5O2. The third-order valence-corrected chi connectivity index (χ3v) is 5.88. The minimum Gasteiger partial charge on any atom is -0.382 e. The highest BCUT2D eigenvalue weighted by molar-refractivity contribution is 6.31. The van der Waals surface area contributed by atoms with Gasteiger partial charge in [0.25, 0.3) is 5.56 Å². The molecule has 5 aromatic rings. The third-order valence-electron chi connectivity index (χ3n) is 5.59. The average molecular weight is 466 g/mol. The van der Waals surface area contributed by atoms with Gasteiger partial charge < -0.3 is 4.74 Å². The molecule has 0 fully saturated rings. The number of aryl methyl sites for hydroxylation is 1. The van der Waals surface area contributed by atoms with Crippen LogP contribution in [0, 0.1) is 12.7 Å². The Labute approximate surface area is 193 Å². The molecule has 2 aromatic carbocycles. The van der Waals surface area contributed by atoms with Gasteiger partial charge in [-0.25, -0.2) is 19.3 Å². The Morgan fingerprint density at radius 1 is 1.06 bits per heavy atom. The first-order valence-electron chi connectivity index (χ1n) is 10.7. The Hall–Kier alpha value is -3.36. The second-order valence-corrected chi connectivity index (χ2v) is 8.09. The molecule has 0 saturated carbocycles. The number of nitrogens with zero attached hydrogens (tertiary/aromatic N) is 5. The van der Waals surface area contributed by atoms with Gasteiger partial charge in [0.1, 0.15) is 22.5 Å². The number of ether oxygens (including phenoxy) is 1. The molecule has 3 heterocycles. The molecule has 0 aliphatic rings. The highest BCUT2D eigenvalue weighted by atomic mass is 35.5. The summed E-state index contributed by atoms with van der Waals surface area (Å²) in [5, 5.41) is 0.336. The molecule has 0 radical (unpaired) electrons. The van der Waals surface area contributed by atoms with Crippen molar-refractivity contribution in [2.24, 2.45) is 0 Å². The first-order chi connectivity index (χ1) is 16.0. The quantitative estimate of drug-likeness (QED) is 0.336. The first-order valence-corrected chi connectivity index (χ1v) is 11.1. The van der Waals surface area contributed by atoms with E-state index in [1.54, 1.807) is 22.1 Å². The first kappa shape index (κ1) is 21.5. The molecule has 7 nitrogen and oxygen atoms in total. The summed E-state index contributed by atoms with van der Waals surface area (Å²) in [6.07, 6.45) is 0.683. The normalized spacial score (nSPS) is 11.8. The van der Waals surface area contributed by atoms with Gasteiger partial charge in [-0.05, 0) is 50.6 Å². The molecule has 0 saturated heterocycles. The van der Waals surface area contributed by atoms with Crippen molar-refractivity contribution in [1.29, 1.82) is 0 Å². The van der Waals surface area contributed by atoms with Gasteiger partial charge in [0.15, 0.2) is 11.3 Å². The lowest BCUT2D eigenvalue weighted by atomic mass is 10.3. The molecule has 0 spiro atoms. The van der Waals surface area contributed by atoms with Gasteiger partial charge in [0.05, 0.1) is 21.7 Å². The van der Waals surface area contributed by atoms with Gasteiger partial charge in [-0.1, -0.05) is 23.7 Å². The summed E-state index contributed by atoms with van der Waals surface area (Å²) in [4.78, 5) is 28.0. The molecule has 0 bridgehead atoms. The van der Waals surface area contributed by atoms with E-state index in [9.17, 15) is 9.18 Å². The van der Waals surface area contributed by atoms with Crippen molar-refractivity contribution in [3.63, 3.8) is 0 Å². The topological polar surface area (TPSA) is 74.8 Å². The number of para-hydroxylation sites is 2. The van der Waals surface area contributed by atoms with Crippen LogP contribution in [0.2, 0.25) is 5.02 Å². The maximum atomic E-state index is 13.9. The Bertz CT molecular complexity index is 1580. The Morgan fingerprint density at radius 3 is 2.55 bits per heavy atom. The van der Waals surface area contributed by atoms with E-state index in [0.717, 1.165) is 0 Å². The molecule has 0 N–H and O–H groups in total. The summed E-state index contributed by atoms with van der Waals surface area (Å²) in [6.45, 7) is 5.38. The Balaban J connectivity index is 1.84. The van der Waals surface area contributed by atoms with E-state index in [1.807, 2.05) is 31.2 Å². The molecule has 5 rings (SSSR count). The Kier molecular flexibility index (Phi) is 5.55. The maximum Gasteiger partial charge on any atom is 0.265 e. The lowest BCUT2D eigenvalue weighted by molar-refractivity contribution is 0.141. The summed E-state index contributed by atoms with van der Waals surface area (Å²) < 4.78 is 22.7. The fourth-order valence-corrected chi connectivity index (χ4v) is 4.21. The van der Waals surface area contributed by atoms with Crippen molar-refractivity contribution in [3.8, 4) is 5.69 Å². The van der Waals surface area contributed by atoms with Crippen molar-refractivity contribution in [3.05, 3.63) is 69.5 Å². The van der Waals surface area contributed by atoms with E-state index in [1.165, 1.54) is 12.1 Å². The summed E-state index contributed by atoms with van der Waals surface area (Å²) in [5.74, 6) is 0.0318. The van der Waals surface area contributed by atoms with Crippen LogP contribution in [0.1, 0.15) is 19.2 Å². The highest BCUT2D eigenvalue weighted by Gasteiger charge is 2.22. The van der Waals surface area contributed by atoms with Crippen molar-refractivity contribution >= 4 is 44.8 Å². The Morgan fingerprint density at radius 2 is 1.82 bits per heavy atom. The van der Waals surface area contributed by atoms with Crippen LogP contribution in [0.3, 0.4) is 0 Å². The van der Waals surface area contributed by atoms with Gasteiger partial charge in [-0.3, -0.25) is 13.9 Å². The van der Waals surface area contributed by atoms with Crippen LogP contribution in [0.5, 0.6) is 0 Å². The smallest absolute Gasteiger partial charge is 0.265 e. The van der Waals surface area contributed by atoms with Gasteiger partial charge >= 0.3 is 0 Å². The van der Waals surface area contributed by atoms with E-state index in [4.69, 9.17) is 31.3 Å². The largest absolute Gasteiger partial charge is 0.382 e. The number of fused-ring (bicyclic) bond motifs is 4. The second kappa shape index (κ2) is 8.53. The number of benzene rings is 2. The minimum atomic E-state index is -0.529. The lowest BCUT2D eigenvalue weighted by Gasteiger charge is -2.11. The highest BCUT2D eigenvalue weighted by Crippen LogP contribution is 2.30. The van der Waals surface area contributed by atoms with Crippen LogP contribution in [0.4, 0.5) is 4.39 Å². The van der Waals surface area contributed by atoms with Gasteiger partial charge in [0.2, 0.25) is 0 Å². The maximum absolute atomic E-state index is 13.9. The monoisotopic (exact) mass is 465 g/mol. The summed E-state index contributed by atoms with van der Waals surface area (Å²) >= 11 is 6.08. The average Bonchev–Trinajstić information content (AvgIpc) is 3.11. The fraction of sp³-hybridized carbons (Fsp3) is 0.250. The number of hydrogen-bond acceptors (Lipinski definition) is 5. The van der Waals surface area contributed by atoms with E-state index in [2.05, 4.69) is 0 Å². The molecule has 168 valence electrons. The van der Waals surface area contributed by atoms with Crippen molar-refractivity contribution in [1.82, 2.24) is 24.1 Å². The molecule has 0 unspecified atom stereocenters. The number of aromatic nitrogens is 5. The van der Waals surface area contributed by atoms with Gasteiger partial charge in [0, 0.05) is 19.8 Å². The number of hydrogen-bond donors (Lipinski definition) is 0. The van der Waals surface area contributed by atoms with E-state index < -0.39 is 5.82 Å². The fourth-order valence-electron chi connectivity index (χ4n) is 4.03. The van der Waals surface area contributed by atoms with Crippen LogP contribution in [0.15, 0.2) is 47.3 Å². The van der Waals surface area contributed by atoms with Gasteiger partial charge in [-0.2, -0.15) is 0 Å². The summed E-state index contributed by atoms with van der Waals surface area (Å²) in [6, 6.07) is 11.8. The van der Waals surface area contributed by atoms with Crippen LogP contribution < -0.4 is 5.56 Å². The molecule has 0 atom stereocenters. The predicted molar refractivity (Wildman–Crippen MR) is 127 cm³/mol. The summed E-state index contributed by atoms with van der Waals surface area (Å²) in [5.41, 5.74) is 3.01. The predicted octanol–water partition coefficient (Wildman–Crippen LogP) is 4.81. The second-order valence-electron chi connectivity index (χ2n) is 7.68. The van der Waals surface area contributed by atoms with E-state index in [0.29, 0.717) is 70.9 Å². The molecule has 9 heteroatoms. The van der Waals surface area contributed by atoms with E-state index in [-0.39, 0.29) is 10.6 Å². The molecule has 0 aliphatic heterocycles. The van der Waals surface area contributed by atoms with Crippen molar-refractivity contribution in [2.45, 2.75) is 26.8 Å². The van der Waals surface area contributed by atoms with Crippen molar-refractivity contribution < 1.29 is 9.13 Å². The zero-order chi connectivity index (χ0) is 23.1. The summed E-state index contributed by atoms with van der Waals surface area (Å²) in [7, 11) is 0. The molecule has 0 aliphatic carbocycles. The number of rotatable bonds is 6. The van der Waals surface area contributed by atoms with E-state index >= 15 is 0 Å². The SMILES string of the molecule is CCOCCCn1c(C)nc2c(c1=O)c1nc3ccccc3nc1n2-c1ccc(F)c(Cl)c1. The van der Waals surface area contributed by atoms with Crippen LogP contribution in [0.25, 0.3) is 38.9 Å². The minimum absolute atomic E-state index is 0.0303. The molecule has 3 aromatic heterocycles. The molecule has 0 amide bonds. The zero-order valence-electron chi connectivity index (χ0n) is 18.2. The van der Waals surface area contributed by atoms with Crippen molar-refractivity contribution in [2.75, 3.05) is 13.2 Å². The zero-order valence-corrected chi connectivity index (χ0v) is 18.9. The third kappa shape index (κ3) is 3.65.